The van der Waals surface area contributed by atoms with Gasteiger partial charge in [-0.1, -0.05) is 24.3 Å². The Labute approximate surface area is 159 Å². The summed E-state index contributed by atoms with van der Waals surface area (Å²) in [5.74, 6) is 0.565. The molecule has 27 heavy (non-hydrogen) atoms. The number of benzene rings is 2. The van der Waals surface area contributed by atoms with E-state index in [1.54, 1.807) is 25.4 Å². The topological polar surface area (TPSA) is 45.5 Å². The smallest absolute Gasteiger partial charge is 0.193 e. The third-order valence-corrected chi connectivity index (χ3v) is 4.28. The number of hydrogen-bond donors (Lipinski definition) is 1. The van der Waals surface area contributed by atoms with Gasteiger partial charge in [-0.3, -0.25) is 4.99 Å². The zero-order valence-electron chi connectivity index (χ0n) is 15.6. The Kier molecular flexibility index (Phi) is 6.20. The second-order valence-corrected chi connectivity index (χ2v) is 6.33. The first-order chi connectivity index (χ1) is 13.2. The van der Waals surface area contributed by atoms with Crippen LogP contribution in [0, 0.1) is 5.82 Å². The number of rotatable bonds is 6. The predicted octanol–water partition coefficient (Wildman–Crippen LogP) is 3.26. The van der Waals surface area contributed by atoms with Gasteiger partial charge in [0.2, 0.25) is 0 Å². The first kappa shape index (κ1) is 18.6. The highest BCUT2D eigenvalue weighted by Crippen LogP contribution is 2.09. The molecule has 0 aliphatic carbocycles. The van der Waals surface area contributed by atoms with E-state index < -0.39 is 0 Å². The third kappa shape index (κ3) is 5.17. The van der Waals surface area contributed by atoms with E-state index in [0.29, 0.717) is 6.54 Å². The SMILES string of the molecule is CN=C(NCCc1ccc(-n2cccn2)cc1)N(C)Cc1cccc(F)c1. The summed E-state index contributed by atoms with van der Waals surface area (Å²) in [5, 5.41) is 7.59. The molecule has 0 fully saturated rings. The van der Waals surface area contributed by atoms with E-state index in [4.69, 9.17) is 0 Å². The lowest BCUT2D eigenvalue weighted by Gasteiger charge is -2.22. The van der Waals surface area contributed by atoms with Crippen LogP contribution in [0.4, 0.5) is 4.39 Å². The Morgan fingerprint density at radius 2 is 1.96 bits per heavy atom. The molecule has 1 N–H and O–H groups in total. The van der Waals surface area contributed by atoms with Gasteiger partial charge in [-0.15, -0.1) is 0 Å². The van der Waals surface area contributed by atoms with Crippen LogP contribution in [0.5, 0.6) is 0 Å². The molecular formula is C21H24FN5. The lowest BCUT2D eigenvalue weighted by atomic mass is 10.1. The fraction of sp³-hybridized carbons (Fsp3) is 0.238. The normalized spacial score (nSPS) is 11.4. The largest absolute Gasteiger partial charge is 0.356 e. The van der Waals surface area contributed by atoms with Crippen LogP contribution in [-0.2, 0) is 13.0 Å². The summed E-state index contributed by atoms with van der Waals surface area (Å²) in [6, 6.07) is 16.9. The number of nitrogens with zero attached hydrogens (tertiary/aromatic N) is 4. The highest BCUT2D eigenvalue weighted by molar-refractivity contribution is 5.79. The van der Waals surface area contributed by atoms with Crippen molar-refractivity contribution in [1.29, 1.82) is 0 Å². The molecule has 0 saturated heterocycles. The lowest BCUT2D eigenvalue weighted by Crippen LogP contribution is -2.39. The summed E-state index contributed by atoms with van der Waals surface area (Å²) in [5.41, 5.74) is 3.19. The summed E-state index contributed by atoms with van der Waals surface area (Å²) >= 11 is 0. The molecule has 140 valence electrons. The minimum Gasteiger partial charge on any atom is -0.356 e. The standard InChI is InChI=1S/C21H24FN5/c1-23-21(26(2)16-18-5-3-6-19(22)15-18)24-13-11-17-7-9-20(10-8-17)27-14-4-12-25-27/h3-10,12,14-15H,11,13,16H2,1-2H3,(H,23,24). The van der Waals surface area contributed by atoms with Crippen molar-refractivity contribution in [2.45, 2.75) is 13.0 Å². The van der Waals surface area contributed by atoms with Gasteiger partial charge in [0.1, 0.15) is 5.82 Å². The van der Waals surface area contributed by atoms with E-state index in [1.807, 2.05) is 35.0 Å². The Balaban J connectivity index is 1.50. The first-order valence-electron chi connectivity index (χ1n) is 8.91. The average Bonchev–Trinajstić information content (AvgIpc) is 3.20. The van der Waals surface area contributed by atoms with E-state index >= 15 is 0 Å². The van der Waals surface area contributed by atoms with Crippen molar-refractivity contribution in [3.63, 3.8) is 0 Å². The molecule has 1 aromatic heterocycles. The molecule has 0 atom stereocenters. The molecule has 0 spiro atoms. The van der Waals surface area contributed by atoms with E-state index in [0.717, 1.165) is 30.2 Å². The number of guanidine groups is 1. The number of nitrogens with one attached hydrogen (secondary N) is 1. The van der Waals surface area contributed by atoms with Crippen molar-refractivity contribution in [2.24, 2.45) is 4.99 Å². The van der Waals surface area contributed by atoms with Gasteiger partial charge in [-0.25, -0.2) is 9.07 Å². The molecule has 1 heterocycles. The molecule has 3 aromatic rings. The minimum absolute atomic E-state index is 0.220. The van der Waals surface area contributed by atoms with E-state index in [-0.39, 0.29) is 5.82 Å². The Hall–Kier alpha value is -3.15. The van der Waals surface area contributed by atoms with Crippen molar-refractivity contribution in [1.82, 2.24) is 20.0 Å². The van der Waals surface area contributed by atoms with Crippen LogP contribution < -0.4 is 5.32 Å². The highest BCUT2D eigenvalue weighted by Gasteiger charge is 2.07. The van der Waals surface area contributed by atoms with Crippen molar-refractivity contribution in [2.75, 3.05) is 20.6 Å². The number of aliphatic imine (C=N–C) groups is 1. The molecule has 0 radical (unpaired) electrons. The summed E-state index contributed by atoms with van der Waals surface area (Å²) in [4.78, 5) is 6.29. The summed E-state index contributed by atoms with van der Waals surface area (Å²) in [6.45, 7) is 1.36. The molecular weight excluding hydrogens is 341 g/mol. The quantitative estimate of drug-likeness (QED) is 0.539. The molecule has 3 rings (SSSR count). The fourth-order valence-corrected chi connectivity index (χ4v) is 2.92. The van der Waals surface area contributed by atoms with Crippen LogP contribution in [0.25, 0.3) is 5.69 Å². The maximum Gasteiger partial charge on any atom is 0.193 e. The van der Waals surface area contributed by atoms with Gasteiger partial charge in [0.15, 0.2) is 5.96 Å². The fourth-order valence-electron chi connectivity index (χ4n) is 2.92. The molecule has 0 amide bonds. The van der Waals surface area contributed by atoms with E-state index in [1.165, 1.54) is 11.6 Å². The van der Waals surface area contributed by atoms with E-state index in [2.05, 4.69) is 39.7 Å². The maximum atomic E-state index is 13.3. The predicted molar refractivity (Wildman–Crippen MR) is 106 cm³/mol. The van der Waals surface area contributed by atoms with Crippen molar-refractivity contribution < 1.29 is 4.39 Å². The summed E-state index contributed by atoms with van der Waals surface area (Å²) < 4.78 is 15.2. The van der Waals surface area contributed by atoms with Gasteiger partial charge < -0.3 is 10.2 Å². The maximum absolute atomic E-state index is 13.3. The molecule has 0 bridgehead atoms. The molecule has 0 aliphatic rings. The Morgan fingerprint density at radius 1 is 1.15 bits per heavy atom. The summed E-state index contributed by atoms with van der Waals surface area (Å²) in [7, 11) is 3.70. The monoisotopic (exact) mass is 365 g/mol. The average molecular weight is 365 g/mol. The highest BCUT2D eigenvalue weighted by atomic mass is 19.1. The number of halogens is 1. The molecule has 0 saturated carbocycles. The lowest BCUT2D eigenvalue weighted by molar-refractivity contribution is 0.475. The second-order valence-electron chi connectivity index (χ2n) is 6.33. The number of hydrogen-bond acceptors (Lipinski definition) is 2. The van der Waals surface area contributed by atoms with Gasteiger partial charge in [0.25, 0.3) is 0 Å². The van der Waals surface area contributed by atoms with Crippen LogP contribution >= 0.6 is 0 Å². The van der Waals surface area contributed by atoms with Gasteiger partial charge in [-0.2, -0.15) is 5.10 Å². The van der Waals surface area contributed by atoms with Crippen LogP contribution in [0.3, 0.4) is 0 Å². The zero-order chi connectivity index (χ0) is 19.1. The van der Waals surface area contributed by atoms with Crippen LogP contribution in [-0.4, -0.2) is 41.3 Å². The molecule has 0 unspecified atom stereocenters. The van der Waals surface area contributed by atoms with Gasteiger partial charge in [-0.05, 0) is 47.9 Å². The molecule has 6 heteroatoms. The number of aromatic nitrogens is 2. The first-order valence-corrected chi connectivity index (χ1v) is 8.91. The second kappa shape index (κ2) is 8.98. The van der Waals surface area contributed by atoms with Crippen LogP contribution in [0.15, 0.2) is 72.0 Å². The third-order valence-electron chi connectivity index (χ3n) is 4.28. The Bertz CT molecular complexity index is 872. The van der Waals surface area contributed by atoms with E-state index in [9.17, 15) is 4.39 Å². The van der Waals surface area contributed by atoms with Crippen molar-refractivity contribution in [3.05, 3.63) is 83.9 Å². The van der Waals surface area contributed by atoms with Crippen LogP contribution in [0.2, 0.25) is 0 Å². The zero-order valence-corrected chi connectivity index (χ0v) is 15.6. The van der Waals surface area contributed by atoms with Crippen LogP contribution in [0.1, 0.15) is 11.1 Å². The summed E-state index contributed by atoms with van der Waals surface area (Å²) in [6.07, 6.45) is 4.57. The minimum atomic E-state index is -0.220. The van der Waals surface area contributed by atoms with Crippen molar-refractivity contribution >= 4 is 5.96 Å². The van der Waals surface area contributed by atoms with Gasteiger partial charge in [0.05, 0.1) is 5.69 Å². The van der Waals surface area contributed by atoms with Crippen molar-refractivity contribution in [3.8, 4) is 5.69 Å². The molecule has 2 aromatic carbocycles. The molecule has 5 nitrogen and oxygen atoms in total. The molecule has 0 aliphatic heterocycles. The van der Waals surface area contributed by atoms with Gasteiger partial charge >= 0.3 is 0 Å². The van der Waals surface area contributed by atoms with Gasteiger partial charge in [0, 0.05) is 39.6 Å². The Morgan fingerprint density at radius 3 is 2.63 bits per heavy atom.